The van der Waals surface area contributed by atoms with Crippen molar-refractivity contribution in [3.63, 3.8) is 0 Å². The number of anilines is 1. The van der Waals surface area contributed by atoms with Crippen molar-refractivity contribution in [2.75, 3.05) is 12.4 Å². The van der Waals surface area contributed by atoms with Gasteiger partial charge in [-0.1, -0.05) is 23.7 Å². The van der Waals surface area contributed by atoms with Gasteiger partial charge in [-0.15, -0.1) is 0 Å². The van der Waals surface area contributed by atoms with Crippen LogP contribution in [0.4, 0.5) is 5.82 Å². The third-order valence-corrected chi connectivity index (χ3v) is 2.82. The van der Waals surface area contributed by atoms with Crippen molar-refractivity contribution in [3.05, 3.63) is 46.7 Å². The van der Waals surface area contributed by atoms with Crippen LogP contribution in [0.2, 0.25) is 5.02 Å². The lowest BCUT2D eigenvalue weighted by Gasteiger charge is -2.10. The Balaban J connectivity index is 2.08. The van der Waals surface area contributed by atoms with Crippen LogP contribution in [0.1, 0.15) is 11.1 Å². The molecule has 0 unspecified atom stereocenters. The predicted octanol–water partition coefficient (Wildman–Crippen LogP) is 3.06. The average Bonchev–Trinajstić information content (AvgIpc) is 2.39. The molecule has 0 bridgehead atoms. The smallest absolute Gasteiger partial charge is 0.221 e. The summed E-state index contributed by atoms with van der Waals surface area (Å²) in [6, 6.07) is 7.54. The molecule has 0 aliphatic heterocycles. The quantitative estimate of drug-likeness (QED) is 0.921. The highest BCUT2D eigenvalue weighted by atomic mass is 35.5. The summed E-state index contributed by atoms with van der Waals surface area (Å²) in [5.74, 6) is 1.36. The van der Waals surface area contributed by atoms with E-state index in [-0.39, 0.29) is 0 Å². The maximum atomic E-state index is 5.82. The summed E-state index contributed by atoms with van der Waals surface area (Å²) < 4.78 is 5.67. The summed E-state index contributed by atoms with van der Waals surface area (Å²) >= 11 is 5.82. The molecule has 0 amide bonds. The standard InChI is InChI=1S/C13H14ClN3O/c1-9-12(15-2)16-8-17-13(9)18-7-10-3-5-11(14)6-4-10/h3-6,8H,7H2,1-2H3,(H,15,16,17). The molecule has 5 heteroatoms. The van der Waals surface area contributed by atoms with Crippen LogP contribution in [-0.2, 0) is 6.61 Å². The molecule has 4 nitrogen and oxygen atoms in total. The highest BCUT2D eigenvalue weighted by Crippen LogP contribution is 2.21. The van der Waals surface area contributed by atoms with Gasteiger partial charge in [0, 0.05) is 12.1 Å². The van der Waals surface area contributed by atoms with Crippen molar-refractivity contribution >= 4 is 17.4 Å². The molecule has 0 aliphatic rings. The second-order valence-electron chi connectivity index (χ2n) is 3.82. The molecule has 94 valence electrons. The lowest BCUT2D eigenvalue weighted by molar-refractivity contribution is 0.291. The number of hydrogen-bond donors (Lipinski definition) is 1. The fraction of sp³-hybridized carbons (Fsp3) is 0.231. The van der Waals surface area contributed by atoms with Gasteiger partial charge in [-0.25, -0.2) is 9.97 Å². The Bertz CT molecular complexity index is 528. The Hall–Kier alpha value is -1.81. The van der Waals surface area contributed by atoms with E-state index in [0.717, 1.165) is 22.0 Å². The molecule has 0 atom stereocenters. The van der Waals surface area contributed by atoms with Crippen molar-refractivity contribution < 1.29 is 4.74 Å². The van der Waals surface area contributed by atoms with E-state index in [0.29, 0.717) is 12.5 Å². The first-order chi connectivity index (χ1) is 8.70. The van der Waals surface area contributed by atoms with Crippen LogP contribution in [0, 0.1) is 6.92 Å². The zero-order chi connectivity index (χ0) is 13.0. The van der Waals surface area contributed by atoms with Crippen LogP contribution in [0.15, 0.2) is 30.6 Å². The lowest BCUT2D eigenvalue weighted by Crippen LogP contribution is -2.03. The molecule has 1 N–H and O–H groups in total. The van der Waals surface area contributed by atoms with Gasteiger partial charge in [-0.2, -0.15) is 0 Å². The molecule has 0 fully saturated rings. The summed E-state index contributed by atoms with van der Waals surface area (Å²) in [6.45, 7) is 2.38. The van der Waals surface area contributed by atoms with Gasteiger partial charge in [0.05, 0.1) is 5.56 Å². The number of benzene rings is 1. The summed E-state index contributed by atoms with van der Waals surface area (Å²) in [6.07, 6.45) is 1.48. The van der Waals surface area contributed by atoms with Crippen molar-refractivity contribution in [3.8, 4) is 5.88 Å². The minimum Gasteiger partial charge on any atom is -0.472 e. The number of aromatic nitrogens is 2. The first kappa shape index (κ1) is 12.6. The first-order valence-corrected chi connectivity index (χ1v) is 5.95. The van der Waals surface area contributed by atoms with Crippen LogP contribution in [0.25, 0.3) is 0 Å². The Labute approximate surface area is 111 Å². The molecule has 0 spiro atoms. The molecule has 0 aliphatic carbocycles. The van der Waals surface area contributed by atoms with Crippen molar-refractivity contribution in [2.45, 2.75) is 13.5 Å². The normalized spacial score (nSPS) is 10.2. The maximum Gasteiger partial charge on any atom is 0.221 e. The SMILES string of the molecule is CNc1ncnc(OCc2ccc(Cl)cc2)c1C. The van der Waals surface area contributed by atoms with E-state index in [1.807, 2.05) is 38.2 Å². The maximum absolute atomic E-state index is 5.82. The average molecular weight is 264 g/mol. The summed E-state index contributed by atoms with van der Waals surface area (Å²) in [5, 5.41) is 3.71. The van der Waals surface area contributed by atoms with E-state index in [2.05, 4.69) is 15.3 Å². The van der Waals surface area contributed by atoms with Crippen LogP contribution < -0.4 is 10.1 Å². The number of halogens is 1. The Morgan fingerprint density at radius 1 is 1.22 bits per heavy atom. The molecule has 18 heavy (non-hydrogen) atoms. The van der Waals surface area contributed by atoms with E-state index in [1.165, 1.54) is 6.33 Å². The van der Waals surface area contributed by atoms with Gasteiger partial charge in [-0.3, -0.25) is 0 Å². The minimum absolute atomic E-state index is 0.457. The van der Waals surface area contributed by atoms with Crippen LogP contribution >= 0.6 is 11.6 Å². The highest BCUT2D eigenvalue weighted by molar-refractivity contribution is 6.30. The Kier molecular flexibility index (Phi) is 3.99. The Morgan fingerprint density at radius 3 is 2.61 bits per heavy atom. The van der Waals surface area contributed by atoms with Gasteiger partial charge in [-0.05, 0) is 24.6 Å². The molecule has 0 radical (unpaired) electrons. The number of hydrogen-bond acceptors (Lipinski definition) is 4. The van der Waals surface area contributed by atoms with Crippen molar-refractivity contribution in [1.82, 2.24) is 9.97 Å². The zero-order valence-corrected chi connectivity index (χ0v) is 11.0. The van der Waals surface area contributed by atoms with Crippen LogP contribution in [0.5, 0.6) is 5.88 Å². The van der Waals surface area contributed by atoms with E-state index in [9.17, 15) is 0 Å². The predicted molar refractivity (Wildman–Crippen MR) is 72.1 cm³/mol. The zero-order valence-electron chi connectivity index (χ0n) is 10.3. The van der Waals surface area contributed by atoms with Crippen molar-refractivity contribution in [2.24, 2.45) is 0 Å². The van der Waals surface area contributed by atoms with Gasteiger partial charge in [0.1, 0.15) is 18.8 Å². The summed E-state index contributed by atoms with van der Waals surface area (Å²) in [5.41, 5.74) is 1.94. The second-order valence-corrected chi connectivity index (χ2v) is 4.25. The van der Waals surface area contributed by atoms with E-state index >= 15 is 0 Å². The number of ether oxygens (including phenoxy) is 1. The second kappa shape index (κ2) is 5.69. The molecule has 2 rings (SSSR count). The topological polar surface area (TPSA) is 47.0 Å². The molecule has 0 saturated carbocycles. The molecule has 1 aromatic heterocycles. The van der Waals surface area contributed by atoms with Crippen molar-refractivity contribution in [1.29, 1.82) is 0 Å². The Morgan fingerprint density at radius 2 is 1.94 bits per heavy atom. The fourth-order valence-corrected chi connectivity index (χ4v) is 1.69. The first-order valence-electron chi connectivity index (χ1n) is 5.57. The monoisotopic (exact) mass is 263 g/mol. The molecular formula is C13H14ClN3O. The van der Waals surface area contributed by atoms with Gasteiger partial charge < -0.3 is 10.1 Å². The minimum atomic E-state index is 0.457. The fourth-order valence-electron chi connectivity index (χ4n) is 1.56. The van der Waals surface area contributed by atoms with Crippen LogP contribution in [0.3, 0.4) is 0 Å². The number of rotatable bonds is 4. The lowest BCUT2D eigenvalue weighted by atomic mass is 10.2. The summed E-state index contributed by atoms with van der Waals surface area (Å²) in [7, 11) is 1.82. The van der Waals surface area contributed by atoms with E-state index < -0.39 is 0 Å². The highest BCUT2D eigenvalue weighted by Gasteiger charge is 2.06. The molecule has 2 aromatic rings. The molecular weight excluding hydrogens is 250 g/mol. The number of nitrogens with one attached hydrogen (secondary N) is 1. The molecule has 1 heterocycles. The third kappa shape index (κ3) is 2.90. The largest absolute Gasteiger partial charge is 0.472 e. The van der Waals surface area contributed by atoms with Gasteiger partial charge in [0.15, 0.2) is 0 Å². The van der Waals surface area contributed by atoms with E-state index in [4.69, 9.17) is 16.3 Å². The number of nitrogens with zero attached hydrogens (tertiary/aromatic N) is 2. The molecule has 1 aromatic carbocycles. The van der Waals surface area contributed by atoms with Crippen LogP contribution in [-0.4, -0.2) is 17.0 Å². The van der Waals surface area contributed by atoms with Gasteiger partial charge >= 0.3 is 0 Å². The van der Waals surface area contributed by atoms with Gasteiger partial charge in [0.25, 0.3) is 0 Å². The third-order valence-electron chi connectivity index (χ3n) is 2.56. The summed E-state index contributed by atoms with van der Waals surface area (Å²) in [4.78, 5) is 8.22. The van der Waals surface area contributed by atoms with Gasteiger partial charge in [0.2, 0.25) is 5.88 Å². The molecule has 0 saturated heterocycles. The van der Waals surface area contributed by atoms with E-state index in [1.54, 1.807) is 0 Å².